The van der Waals surface area contributed by atoms with Crippen LogP contribution in [-0.4, -0.2) is 24.1 Å². The predicted molar refractivity (Wildman–Crippen MR) is 67.2 cm³/mol. The van der Waals surface area contributed by atoms with E-state index in [2.05, 4.69) is 17.3 Å². The summed E-state index contributed by atoms with van der Waals surface area (Å²) in [6.45, 7) is 3.64. The predicted octanol–water partition coefficient (Wildman–Crippen LogP) is 0.350. The maximum Gasteiger partial charge on any atom is 0.170 e. The van der Waals surface area contributed by atoms with Gasteiger partial charge in [-0.3, -0.25) is 0 Å². The summed E-state index contributed by atoms with van der Waals surface area (Å²) in [6, 6.07) is 7.95. The molecule has 0 atom stereocenters. The third kappa shape index (κ3) is 3.20. The van der Waals surface area contributed by atoms with Gasteiger partial charge in [0.2, 0.25) is 0 Å². The molecule has 0 aromatic heterocycles. The molecule has 0 aliphatic carbocycles. The molecule has 1 aromatic rings. The molecule has 0 amide bonds. The van der Waals surface area contributed by atoms with Crippen LogP contribution in [0, 0.1) is 0 Å². The highest BCUT2D eigenvalue weighted by Crippen LogP contribution is 2.04. The first-order valence-corrected chi connectivity index (χ1v) is 6.20. The summed E-state index contributed by atoms with van der Waals surface area (Å²) in [5.41, 5.74) is 7.61. The van der Waals surface area contributed by atoms with Gasteiger partial charge in [-0.1, -0.05) is 29.4 Å². The Morgan fingerprint density at radius 1 is 1.18 bits per heavy atom. The number of nitrogens with two attached hydrogens (primary N) is 1. The average molecular weight is 234 g/mol. The van der Waals surface area contributed by atoms with Crippen LogP contribution in [0.4, 0.5) is 0 Å². The number of hydrogen-bond acceptors (Lipinski definition) is 2. The number of piperidine rings is 1. The minimum atomic E-state index is 0.168. The molecular formula is C13H20N3O+. The molecule has 1 saturated heterocycles. The summed E-state index contributed by atoms with van der Waals surface area (Å²) >= 11 is 0. The van der Waals surface area contributed by atoms with Gasteiger partial charge in [0.1, 0.15) is 6.54 Å². The van der Waals surface area contributed by atoms with Crippen LogP contribution >= 0.6 is 0 Å². The standard InChI is InChI=1S/C13H19N3O/c14-13(15-17)12-6-4-11(5-7-12)10-16-8-2-1-3-9-16/h4-7,17H,1-3,8-10H2,(H2,14,15)/p+1. The minimum absolute atomic E-state index is 0.168. The zero-order chi connectivity index (χ0) is 12.1. The molecule has 1 heterocycles. The van der Waals surface area contributed by atoms with E-state index in [1.165, 1.54) is 37.9 Å². The summed E-state index contributed by atoms with van der Waals surface area (Å²) in [5, 5.41) is 11.6. The molecule has 0 unspecified atom stereocenters. The Morgan fingerprint density at radius 2 is 1.82 bits per heavy atom. The first-order chi connectivity index (χ1) is 8.29. The van der Waals surface area contributed by atoms with E-state index in [-0.39, 0.29) is 5.84 Å². The second kappa shape index (κ2) is 5.68. The lowest BCUT2D eigenvalue weighted by atomic mass is 10.1. The van der Waals surface area contributed by atoms with E-state index in [4.69, 9.17) is 10.9 Å². The van der Waals surface area contributed by atoms with Gasteiger partial charge < -0.3 is 15.8 Å². The van der Waals surface area contributed by atoms with E-state index < -0.39 is 0 Å². The third-order valence-electron chi connectivity index (χ3n) is 3.37. The van der Waals surface area contributed by atoms with Crippen LogP contribution in [0.15, 0.2) is 29.4 Å². The molecule has 4 nitrogen and oxygen atoms in total. The lowest BCUT2D eigenvalue weighted by molar-refractivity contribution is -0.918. The lowest BCUT2D eigenvalue weighted by Crippen LogP contribution is -3.11. The number of benzene rings is 1. The summed E-state index contributed by atoms with van der Waals surface area (Å²) in [4.78, 5) is 1.66. The van der Waals surface area contributed by atoms with Crippen LogP contribution in [0.5, 0.6) is 0 Å². The average Bonchev–Trinajstić information content (AvgIpc) is 2.40. The van der Waals surface area contributed by atoms with E-state index in [1.807, 2.05) is 12.1 Å². The Labute approximate surface area is 102 Å². The zero-order valence-electron chi connectivity index (χ0n) is 10.0. The van der Waals surface area contributed by atoms with Crippen molar-refractivity contribution in [3.8, 4) is 0 Å². The van der Waals surface area contributed by atoms with Crippen molar-refractivity contribution < 1.29 is 10.1 Å². The summed E-state index contributed by atoms with van der Waals surface area (Å²) < 4.78 is 0. The molecule has 0 radical (unpaired) electrons. The zero-order valence-corrected chi connectivity index (χ0v) is 10.0. The Kier molecular flexibility index (Phi) is 3.98. The summed E-state index contributed by atoms with van der Waals surface area (Å²) in [5.74, 6) is 0.168. The van der Waals surface area contributed by atoms with E-state index >= 15 is 0 Å². The number of oxime groups is 1. The van der Waals surface area contributed by atoms with Crippen LogP contribution in [0.25, 0.3) is 0 Å². The van der Waals surface area contributed by atoms with Crippen molar-refractivity contribution in [1.82, 2.24) is 0 Å². The number of hydrogen-bond donors (Lipinski definition) is 3. The summed E-state index contributed by atoms with van der Waals surface area (Å²) in [6.07, 6.45) is 4.07. The largest absolute Gasteiger partial charge is 0.409 e. The van der Waals surface area contributed by atoms with E-state index in [0.717, 1.165) is 12.1 Å². The molecular weight excluding hydrogens is 214 g/mol. The third-order valence-corrected chi connectivity index (χ3v) is 3.37. The number of rotatable bonds is 3. The van der Waals surface area contributed by atoms with Gasteiger partial charge in [-0.15, -0.1) is 0 Å². The maximum atomic E-state index is 8.58. The first kappa shape index (κ1) is 11.9. The van der Waals surface area contributed by atoms with Gasteiger partial charge in [0.25, 0.3) is 0 Å². The van der Waals surface area contributed by atoms with Crippen LogP contribution in [0.2, 0.25) is 0 Å². The van der Waals surface area contributed by atoms with Crippen molar-refractivity contribution in [1.29, 1.82) is 0 Å². The molecule has 1 fully saturated rings. The Morgan fingerprint density at radius 3 is 2.41 bits per heavy atom. The maximum absolute atomic E-state index is 8.58. The van der Waals surface area contributed by atoms with E-state index in [1.54, 1.807) is 4.90 Å². The monoisotopic (exact) mass is 234 g/mol. The van der Waals surface area contributed by atoms with Crippen molar-refractivity contribution in [2.75, 3.05) is 13.1 Å². The Balaban J connectivity index is 1.97. The lowest BCUT2D eigenvalue weighted by Gasteiger charge is -2.23. The van der Waals surface area contributed by atoms with Gasteiger partial charge in [0, 0.05) is 11.1 Å². The van der Waals surface area contributed by atoms with Gasteiger partial charge >= 0.3 is 0 Å². The van der Waals surface area contributed by atoms with Crippen molar-refractivity contribution in [3.63, 3.8) is 0 Å². The second-order valence-corrected chi connectivity index (χ2v) is 4.67. The Hall–Kier alpha value is -1.55. The van der Waals surface area contributed by atoms with E-state index in [0.29, 0.717) is 0 Å². The molecule has 4 N–H and O–H groups in total. The topological polar surface area (TPSA) is 63.0 Å². The van der Waals surface area contributed by atoms with Gasteiger partial charge in [-0.2, -0.15) is 0 Å². The van der Waals surface area contributed by atoms with Crippen LogP contribution in [-0.2, 0) is 6.54 Å². The second-order valence-electron chi connectivity index (χ2n) is 4.67. The SMILES string of the molecule is N/C(=N/O)c1ccc(C[NH+]2CCCCC2)cc1. The number of nitrogens with one attached hydrogen (secondary N) is 1. The number of quaternary nitrogens is 1. The summed E-state index contributed by atoms with van der Waals surface area (Å²) in [7, 11) is 0. The fraction of sp³-hybridized carbons (Fsp3) is 0.462. The molecule has 0 spiro atoms. The van der Waals surface area contributed by atoms with Crippen LogP contribution < -0.4 is 10.6 Å². The normalized spacial score (nSPS) is 18.2. The fourth-order valence-electron chi connectivity index (χ4n) is 2.37. The highest BCUT2D eigenvalue weighted by molar-refractivity contribution is 5.96. The number of nitrogens with zero attached hydrogens (tertiary/aromatic N) is 1. The molecule has 2 rings (SSSR count). The quantitative estimate of drug-likeness (QED) is 0.306. The van der Waals surface area contributed by atoms with Crippen molar-refractivity contribution in [3.05, 3.63) is 35.4 Å². The molecule has 17 heavy (non-hydrogen) atoms. The molecule has 1 aromatic carbocycles. The van der Waals surface area contributed by atoms with Crippen molar-refractivity contribution in [2.45, 2.75) is 25.8 Å². The molecule has 0 saturated carbocycles. The smallest absolute Gasteiger partial charge is 0.170 e. The highest BCUT2D eigenvalue weighted by Gasteiger charge is 2.13. The van der Waals surface area contributed by atoms with Gasteiger partial charge in [0.05, 0.1) is 13.1 Å². The van der Waals surface area contributed by atoms with E-state index in [9.17, 15) is 0 Å². The fourth-order valence-corrected chi connectivity index (χ4v) is 2.37. The van der Waals surface area contributed by atoms with Crippen molar-refractivity contribution in [2.24, 2.45) is 10.9 Å². The Bertz CT molecular complexity index is 380. The first-order valence-electron chi connectivity index (χ1n) is 6.20. The minimum Gasteiger partial charge on any atom is -0.409 e. The molecule has 0 bridgehead atoms. The van der Waals surface area contributed by atoms with Crippen molar-refractivity contribution >= 4 is 5.84 Å². The van der Waals surface area contributed by atoms with Gasteiger partial charge in [-0.05, 0) is 19.3 Å². The number of likely N-dealkylation sites (tertiary alicyclic amines) is 1. The van der Waals surface area contributed by atoms with Gasteiger partial charge in [0.15, 0.2) is 5.84 Å². The van der Waals surface area contributed by atoms with Crippen LogP contribution in [0.1, 0.15) is 30.4 Å². The highest BCUT2D eigenvalue weighted by atomic mass is 16.4. The molecule has 92 valence electrons. The molecule has 1 aliphatic rings. The molecule has 1 aliphatic heterocycles. The van der Waals surface area contributed by atoms with Crippen LogP contribution in [0.3, 0.4) is 0 Å². The molecule has 4 heteroatoms. The van der Waals surface area contributed by atoms with Gasteiger partial charge in [-0.25, -0.2) is 0 Å². The number of amidine groups is 1.